The van der Waals surface area contributed by atoms with Crippen molar-refractivity contribution in [2.75, 3.05) is 7.11 Å². The first-order valence-corrected chi connectivity index (χ1v) is 9.61. The lowest BCUT2D eigenvalue weighted by Gasteiger charge is -2.13. The van der Waals surface area contributed by atoms with Gasteiger partial charge in [0, 0.05) is 6.08 Å². The molecule has 3 aromatic rings. The van der Waals surface area contributed by atoms with E-state index in [9.17, 15) is 4.79 Å². The second kappa shape index (κ2) is 9.23. The highest BCUT2D eigenvalue weighted by Crippen LogP contribution is 2.29. The van der Waals surface area contributed by atoms with Gasteiger partial charge in [-0.3, -0.25) is 0 Å². The molecule has 1 aromatic carbocycles. The number of thiophene rings is 1. The summed E-state index contributed by atoms with van der Waals surface area (Å²) in [5, 5.41) is 1.94. The summed E-state index contributed by atoms with van der Waals surface area (Å²) in [5.41, 5.74) is 1.35. The number of carbonyl (C=O) groups excluding carboxylic acids is 1. The van der Waals surface area contributed by atoms with Crippen LogP contribution < -0.4 is 9.47 Å². The van der Waals surface area contributed by atoms with Crippen LogP contribution in [0.1, 0.15) is 25.1 Å². The molecule has 0 unspecified atom stereocenters. The Hall–Kier alpha value is -3.06. The predicted octanol–water partition coefficient (Wildman–Crippen LogP) is 4.96. The van der Waals surface area contributed by atoms with Gasteiger partial charge >= 0.3 is 5.97 Å². The molecule has 0 saturated carbocycles. The van der Waals surface area contributed by atoms with Gasteiger partial charge in [0.2, 0.25) is 5.89 Å². The third kappa shape index (κ3) is 5.23. The van der Waals surface area contributed by atoms with Crippen LogP contribution in [0, 0.1) is 0 Å². The molecular weight excluding hydrogens is 378 g/mol. The number of nitrogens with zero attached hydrogens (tertiary/aromatic N) is 1. The molecule has 0 atom stereocenters. The molecule has 0 N–H and O–H groups in total. The molecule has 0 radical (unpaired) electrons. The molecule has 2 aromatic heterocycles. The highest BCUT2D eigenvalue weighted by molar-refractivity contribution is 7.13. The summed E-state index contributed by atoms with van der Waals surface area (Å²) in [4.78, 5) is 17.2. The number of hydrogen-bond donors (Lipinski definition) is 0. The minimum Gasteiger partial charge on any atom is -0.493 e. The van der Waals surface area contributed by atoms with Crippen molar-refractivity contribution in [3.8, 4) is 22.3 Å². The Morgan fingerprint density at radius 3 is 2.86 bits per heavy atom. The van der Waals surface area contributed by atoms with E-state index in [1.165, 1.54) is 23.7 Å². The van der Waals surface area contributed by atoms with Crippen molar-refractivity contribution < 1.29 is 23.4 Å². The molecule has 0 saturated heterocycles. The molecular formula is C21H21NO5S. The molecule has 2 heterocycles. The Balaban J connectivity index is 1.56. The normalized spacial score (nSPS) is 11.1. The Labute approximate surface area is 167 Å². The minimum atomic E-state index is -0.470. The maximum absolute atomic E-state index is 12.0. The van der Waals surface area contributed by atoms with E-state index in [1.54, 1.807) is 19.3 Å². The zero-order valence-corrected chi connectivity index (χ0v) is 16.7. The predicted molar refractivity (Wildman–Crippen MR) is 107 cm³/mol. The second-order valence-corrected chi connectivity index (χ2v) is 7.09. The monoisotopic (exact) mass is 399 g/mol. The minimum absolute atomic E-state index is 0.0436. The fourth-order valence-corrected chi connectivity index (χ4v) is 3.04. The Morgan fingerprint density at radius 1 is 1.29 bits per heavy atom. The summed E-state index contributed by atoms with van der Waals surface area (Å²) in [6.45, 7) is 3.94. The maximum atomic E-state index is 12.0. The van der Waals surface area contributed by atoms with E-state index in [0.717, 1.165) is 10.4 Å². The zero-order valence-electron chi connectivity index (χ0n) is 15.9. The number of carbonyl (C=O) groups is 1. The van der Waals surface area contributed by atoms with Gasteiger partial charge in [0.05, 0.1) is 18.1 Å². The summed E-state index contributed by atoms with van der Waals surface area (Å²) in [7, 11) is 1.58. The molecule has 0 aliphatic carbocycles. The molecule has 0 bridgehead atoms. The van der Waals surface area contributed by atoms with Gasteiger partial charge in [-0.25, -0.2) is 9.78 Å². The molecule has 7 heteroatoms. The zero-order chi connectivity index (χ0) is 19.9. The lowest BCUT2D eigenvalue weighted by molar-refractivity contribution is -0.139. The molecule has 28 heavy (non-hydrogen) atoms. The van der Waals surface area contributed by atoms with Crippen molar-refractivity contribution in [1.82, 2.24) is 4.98 Å². The third-order valence-electron chi connectivity index (χ3n) is 3.61. The van der Waals surface area contributed by atoms with Crippen LogP contribution in [0.25, 0.3) is 16.8 Å². The number of oxazole rings is 1. The van der Waals surface area contributed by atoms with Gasteiger partial charge in [-0.1, -0.05) is 12.1 Å². The summed E-state index contributed by atoms with van der Waals surface area (Å²) in [6, 6.07) is 9.29. The number of benzene rings is 1. The van der Waals surface area contributed by atoms with Crippen molar-refractivity contribution in [3.63, 3.8) is 0 Å². The van der Waals surface area contributed by atoms with Crippen molar-refractivity contribution in [2.45, 2.75) is 26.6 Å². The van der Waals surface area contributed by atoms with Gasteiger partial charge in [0.25, 0.3) is 0 Å². The first kappa shape index (κ1) is 19.7. The topological polar surface area (TPSA) is 70.8 Å². The maximum Gasteiger partial charge on any atom is 0.331 e. The number of rotatable bonds is 8. The van der Waals surface area contributed by atoms with Gasteiger partial charge in [-0.2, -0.15) is 0 Å². The SMILES string of the molecule is COc1cc(/C=C/C(=O)OCc2coc(-c3cccs3)n2)ccc1OC(C)C. The van der Waals surface area contributed by atoms with Crippen LogP contribution in [0.15, 0.2) is 52.5 Å². The van der Waals surface area contributed by atoms with Gasteiger partial charge in [0.1, 0.15) is 18.6 Å². The molecule has 146 valence electrons. The molecule has 0 aliphatic rings. The molecule has 6 nitrogen and oxygen atoms in total. The van der Waals surface area contributed by atoms with E-state index >= 15 is 0 Å². The summed E-state index contributed by atoms with van der Waals surface area (Å²) >= 11 is 1.53. The highest BCUT2D eigenvalue weighted by atomic mass is 32.1. The van der Waals surface area contributed by atoms with Crippen LogP contribution in [0.4, 0.5) is 0 Å². The fourth-order valence-electron chi connectivity index (χ4n) is 2.38. The van der Waals surface area contributed by atoms with E-state index in [4.69, 9.17) is 18.6 Å². The summed E-state index contributed by atoms with van der Waals surface area (Å²) < 4.78 is 21.6. The average Bonchev–Trinajstić information content (AvgIpc) is 3.36. The molecule has 3 rings (SSSR count). The number of aromatic nitrogens is 1. The number of hydrogen-bond acceptors (Lipinski definition) is 7. The fraction of sp³-hybridized carbons (Fsp3) is 0.238. The Kier molecular flexibility index (Phi) is 6.49. The third-order valence-corrected chi connectivity index (χ3v) is 4.47. The van der Waals surface area contributed by atoms with Crippen LogP contribution in [-0.4, -0.2) is 24.2 Å². The quantitative estimate of drug-likeness (QED) is 0.394. The standard InChI is InChI=1S/C21H21NO5S/c1-14(2)27-17-8-6-15(11-18(17)24-3)7-9-20(23)25-12-16-13-26-21(22-16)19-5-4-10-28-19/h4-11,13-14H,12H2,1-3H3/b9-7+. The van der Waals surface area contributed by atoms with Crippen molar-refractivity contribution in [2.24, 2.45) is 0 Å². The molecule has 0 spiro atoms. The van der Waals surface area contributed by atoms with Gasteiger partial charge in [-0.15, -0.1) is 11.3 Å². The molecule has 0 fully saturated rings. The van der Waals surface area contributed by atoms with E-state index in [0.29, 0.717) is 23.1 Å². The van der Waals surface area contributed by atoms with Crippen LogP contribution in [0.3, 0.4) is 0 Å². The van der Waals surface area contributed by atoms with Gasteiger partial charge in [-0.05, 0) is 49.1 Å². The first-order valence-electron chi connectivity index (χ1n) is 8.73. The summed E-state index contributed by atoms with van der Waals surface area (Å²) in [5.74, 6) is 1.31. The lowest BCUT2D eigenvalue weighted by atomic mass is 10.2. The molecule has 0 aliphatic heterocycles. The van der Waals surface area contributed by atoms with Crippen molar-refractivity contribution in [1.29, 1.82) is 0 Å². The number of ether oxygens (including phenoxy) is 3. The van der Waals surface area contributed by atoms with Gasteiger partial charge < -0.3 is 18.6 Å². The van der Waals surface area contributed by atoms with Crippen LogP contribution in [0.5, 0.6) is 11.5 Å². The van der Waals surface area contributed by atoms with Crippen LogP contribution >= 0.6 is 11.3 Å². The summed E-state index contributed by atoms with van der Waals surface area (Å²) in [6.07, 6.45) is 4.55. The van der Waals surface area contributed by atoms with Crippen LogP contribution in [-0.2, 0) is 16.1 Å². The van der Waals surface area contributed by atoms with Crippen molar-refractivity contribution >= 4 is 23.4 Å². The number of methoxy groups -OCH3 is 1. The first-order chi connectivity index (χ1) is 13.5. The second-order valence-electron chi connectivity index (χ2n) is 6.14. The highest BCUT2D eigenvalue weighted by Gasteiger charge is 2.09. The van der Waals surface area contributed by atoms with Crippen LogP contribution in [0.2, 0.25) is 0 Å². The Morgan fingerprint density at radius 2 is 2.14 bits per heavy atom. The van der Waals surface area contributed by atoms with Gasteiger partial charge in [0.15, 0.2) is 11.5 Å². The van der Waals surface area contributed by atoms with E-state index in [-0.39, 0.29) is 12.7 Å². The lowest BCUT2D eigenvalue weighted by Crippen LogP contribution is -2.06. The molecule has 0 amide bonds. The van der Waals surface area contributed by atoms with Crippen molar-refractivity contribution in [3.05, 3.63) is 59.3 Å². The number of esters is 1. The largest absolute Gasteiger partial charge is 0.493 e. The van der Waals surface area contributed by atoms with E-state index in [1.807, 2.05) is 43.5 Å². The smallest absolute Gasteiger partial charge is 0.331 e. The van der Waals surface area contributed by atoms with E-state index < -0.39 is 5.97 Å². The van der Waals surface area contributed by atoms with E-state index in [2.05, 4.69) is 4.98 Å². The average molecular weight is 399 g/mol. The Bertz CT molecular complexity index is 944.